The molecule has 0 aliphatic heterocycles. The van der Waals surface area contributed by atoms with Crippen molar-refractivity contribution in [3.05, 3.63) is 90.0 Å². The second kappa shape index (κ2) is 9.22. The quantitative estimate of drug-likeness (QED) is 0.554. The van der Waals surface area contributed by atoms with Crippen LogP contribution < -0.4 is 15.4 Å². The van der Waals surface area contributed by atoms with Crippen molar-refractivity contribution in [1.82, 2.24) is 4.72 Å². The summed E-state index contributed by atoms with van der Waals surface area (Å²) < 4.78 is 27.7. The first-order chi connectivity index (χ1) is 14.4. The highest BCUT2D eigenvalue weighted by molar-refractivity contribution is 7.89. The lowest BCUT2D eigenvalue weighted by molar-refractivity contribution is 0.262. The van der Waals surface area contributed by atoms with Crippen LogP contribution >= 0.6 is 0 Å². The molecular weight excluding hydrogens is 400 g/mol. The van der Waals surface area contributed by atoms with Gasteiger partial charge in [0.2, 0.25) is 10.0 Å². The van der Waals surface area contributed by atoms with Crippen LogP contribution in [0.25, 0.3) is 0 Å². The maximum atomic E-state index is 12.5. The zero-order valence-corrected chi connectivity index (χ0v) is 17.0. The normalized spacial score (nSPS) is 11.9. The number of nitrogens with one attached hydrogen (secondary N) is 3. The summed E-state index contributed by atoms with van der Waals surface area (Å²) in [4.78, 5) is 12.1. The Kier molecular flexibility index (Phi) is 6.47. The molecule has 0 aliphatic carbocycles. The van der Waals surface area contributed by atoms with Crippen LogP contribution in [-0.4, -0.2) is 14.4 Å². The molecule has 0 heterocycles. The molecule has 30 heavy (non-hydrogen) atoms. The summed E-state index contributed by atoms with van der Waals surface area (Å²) in [6.45, 7) is 1.73. The predicted molar refractivity (Wildman–Crippen MR) is 115 cm³/mol. The van der Waals surface area contributed by atoms with Crippen molar-refractivity contribution in [3.63, 3.8) is 0 Å². The maximum absolute atomic E-state index is 12.5. The molecule has 0 fully saturated rings. The lowest BCUT2D eigenvalue weighted by atomic mass is 10.1. The summed E-state index contributed by atoms with van der Waals surface area (Å²) in [6, 6.07) is 22.8. The Morgan fingerprint density at radius 1 is 0.867 bits per heavy atom. The number of benzene rings is 3. The Hall–Kier alpha value is -3.67. The Morgan fingerprint density at radius 3 is 2.00 bits per heavy atom. The number of hydrogen-bond donors (Lipinski definition) is 3. The molecule has 1 unspecified atom stereocenters. The van der Waals surface area contributed by atoms with Gasteiger partial charge in [0.1, 0.15) is 0 Å². The Labute approximate surface area is 175 Å². The van der Waals surface area contributed by atoms with E-state index in [2.05, 4.69) is 15.4 Å². The van der Waals surface area contributed by atoms with E-state index in [4.69, 9.17) is 5.26 Å². The van der Waals surface area contributed by atoms with Crippen LogP contribution in [0.2, 0.25) is 0 Å². The third-order valence-electron chi connectivity index (χ3n) is 4.33. The van der Waals surface area contributed by atoms with Gasteiger partial charge in [0, 0.05) is 17.4 Å². The van der Waals surface area contributed by atoms with Gasteiger partial charge in [-0.25, -0.2) is 17.9 Å². The molecule has 0 bridgehead atoms. The molecule has 7 nitrogen and oxygen atoms in total. The van der Waals surface area contributed by atoms with E-state index in [1.54, 1.807) is 43.3 Å². The third-order valence-corrected chi connectivity index (χ3v) is 5.88. The average molecular weight is 420 g/mol. The fourth-order valence-corrected chi connectivity index (χ4v) is 3.98. The summed E-state index contributed by atoms with van der Waals surface area (Å²) in [7, 11) is -3.74. The Bertz CT molecular complexity index is 1150. The van der Waals surface area contributed by atoms with Crippen molar-refractivity contribution in [2.75, 3.05) is 10.6 Å². The summed E-state index contributed by atoms with van der Waals surface area (Å²) in [5.41, 5.74) is 2.38. The van der Waals surface area contributed by atoms with E-state index in [1.165, 1.54) is 24.3 Å². The number of anilines is 2. The van der Waals surface area contributed by atoms with Crippen LogP contribution in [-0.2, 0) is 10.0 Å². The van der Waals surface area contributed by atoms with Crippen LogP contribution in [0.1, 0.15) is 24.1 Å². The fraction of sp³-hybridized carbons (Fsp3) is 0.0909. The summed E-state index contributed by atoms with van der Waals surface area (Å²) in [5, 5.41) is 14.3. The maximum Gasteiger partial charge on any atom is 0.323 e. The van der Waals surface area contributed by atoms with Gasteiger partial charge in [-0.05, 0) is 61.0 Å². The lowest BCUT2D eigenvalue weighted by Gasteiger charge is -2.15. The summed E-state index contributed by atoms with van der Waals surface area (Å²) >= 11 is 0. The minimum atomic E-state index is -3.74. The van der Waals surface area contributed by atoms with Gasteiger partial charge < -0.3 is 10.6 Å². The highest BCUT2D eigenvalue weighted by Crippen LogP contribution is 2.20. The van der Waals surface area contributed by atoms with Gasteiger partial charge in [-0.1, -0.05) is 30.3 Å². The van der Waals surface area contributed by atoms with E-state index in [1.807, 2.05) is 24.3 Å². The SMILES string of the molecule is CC(NS(=O)(=O)c1ccc(C#N)cc1)c1ccc(NC(=O)Nc2ccccc2)cc1. The molecule has 0 saturated heterocycles. The second-order valence-corrected chi connectivity index (χ2v) is 8.26. The molecule has 0 saturated carbocycles. The number of hydrogen-bond acceptors (Lipinski definition) is 4. The molecule has 3 rings (SSSR count). The first-order valence-electron chi connectivity index (χ1n) is 9.13. The molecule has 3 N–H and O–H groups in total. The van der Waals surface area contributed by atoms with Gasteiger partial charge in [-0.3, -0.25) is 0 Å². The van der Waals surface area contributed by atoms with Gasteiger partial charge in [0.25, 0.3) is 0 Å². The van der Waals surface area contributed by atoms with Crippen LogP contribution in [0.4, 0.5) is 16.2 Å². The molecule has 3 aromatic carbocycles. The monoisotopic (exact) mass is 420 g/mol. The zero-order valence-electron chi connectivity index (χ0n) is 16.2. The molecule has 3 aromatic rings. The van der Waals surface area contributed by atoms with Crippen molar-refractivity contribution in [2.24, 2.45) is 0 Å². The molecular formula is C22H20N4O3S. The molecule has 0 aliphatic rings. The van der Waals surface area contributed by atoms with Gasteiger partial charge in [0.15, 0.2) is 0 Å². The van der Waals surface area contributed by atoms with Gasteiger partial charge in [0.05, 0.1) is 16.5 Å². The second-order valence-electron chi connectivity index (χ2n) is 6.55. The number of nitrogens with zero attached hydrogens (tertiary/aromatic N) is 1. The summed E-state index contributed by atoms with van der Waals surface area (Å²) in [6.07, 6.45) is 0. The first kappa shape index (κ1) is 21.0. The van der Waals surface area contributed by atoms with E-state index < -0.39 is 16.1 Å². The number of carbonyl (C=O) groups excluding carboxylic acids is 1. The van der Waals surface area contributed by atoms with Gasteiger partial charge in [-0.15, -0.1) is 0 Å². The fourth-order valence-electron chi connectivity index (χ4n) is 2.75. The number of sulfonamides is 1. The van der Waals surface area contributed by atoms with E-state index in [0.29, 0.717) is 16.9 Å². The minimum Gasteiger partial charge on any atom is -0.308 e. The van der Waals surface area contributed by atoms with Crippen LogP contribution in [0.15, 0.2) is 83.8 Å². The molecule has 1 atom stereocenters. The number of carbonyl (C=O) groups is 1. The van der Waals surface area contributed by atoms with E-state index >= 15 is 0 Å². The standard InChI is InChI=1S/C22H20N4O3S/c1-16(26-30(28,29)21-13-7-17(15-23)8-14-21)18-9-11-20(12-10-18)25-22(27)24-19-5-3-2-4-6-19/h2-14,16,26H,1H3,(H2,24,25,27). The number of rotatable bonds is 6. The largest absolute Gasteiger partial charge is 0.323 e. The number of para-hydroxylation sites is 1. The van der Waals surface area contributed by atoms with Crippen LogP contribution in [0.5, 0.6) is 0 Å². The Morgan fingerprint density at radius 2 is 1.43 bits per heavy atom. The zero-order chi connectivity index (χ0) is 21.6. The number of urea groups is 1. The van der Waals surface area contributed by atoms with Crippen molar-refractivity contribution in [3.8, 4) is 6.07 Å². The van der Waals surface area contributed by atoms with Crippen molar-refractivity contribution < 1.29 is 13.2 Å². The van der Waals surface area contributed by atoms with Gasteiger partial charge in [-0.2, -0.15) is 5.26 Å². The highest BCUT2D eigenvalue weighted by Gasteiger charge is 2.18. The first-order valence-corrected chi connectivity index (χ1v) is 10.6. The number of nitriles is 1. The molecule has 0 radical (unpaired) electrons. The van der Waals surface area contributed by atoms with E-state index in [-0.39, 0.29) is 10.9 Å². The Balaban J connectivity index is 1.62. The van der Waals surface area contributed by atoms with Gasteiger partial charge >= 0.3 is 6.03 Å². The molecule has 8 heteroatoms. The van der Waals surface area contributed by atoms with E-state index in [9.17, 15) is 13.2 Å². The summed E-state index contributed by atoms with van der Waals surface area (Å²) in [5.74, 6) is 0. The van der Waals surface area contributed by atoms with Crippen LogP contribution in [0.3, 0.4) is 0 Å². The average Bonchev–Trinajstić information content (AvgIpc) is 2.74. The number of amides is 2. The van der Waals surface area contributed by atoms with E-state index in [0.717, 1.165) is 5.56 Å². The molecule has 0 aromatic heterocycles. The molecule has 2 amide bonds. The smallest absolute Gasteiger partial charge is 0.308 e. The predicted octanol–water partition coefficient (Wildman–Crippen LogP) is 4.24. The highest BCUT2D eigenvalue weighted by atomic mass is 32.2. The van der Waals surface area contributed by atoms with Crippen LogP contribution in [0, 0.1) is 11.3 Å². The molecule has 152 valence electrons. The molecule has 0 spiro atoms. The lowest BCUT2D eigenvalue weighted by Crippen LogP contribution is -2.27. The van der Waals surface area contributed by atoms with Crippen molar-refractivity contribution in [1.29, 1.82) is 5.26 Å². The topological polar surface area (TPSA) is 111 Å². The third kappa shape index (κ3) is 5.44. The van der Waals surface area contributed by atoms with Crippen molar-refractivity contribution >= 4 is 27.4 Å². The minimum absolute atomic E-state index is 0.0872. The van der Waals surface area contributed by atoms with Crippen molar-refractivity contribution in [2.45, 2.75) is 17.9 Å².